The first-order valence-corrected chi connectivity index (χ1v) is 10.7. The van der Waals surface area contributed by atoms with Crippen molar-refractivity contribution in [1.82, 2.24) is 9.55 Å². The molecule has 29 heavy (non-hydrogen) atoms. The third kappa shape index (κ3) is 3.41. The van der Waals surface area contributed by atoms with E-state index in [9.17, 15) is 4.39 Å². The first kappa shape index (κ1) is 18.3. The molecule has 0 amide bonds. The highest BCUT2D eigenvalue weighted by Crippen LogP contribution is 2.34. The maximum atomic E-state index is 13.8. The van der Waals surface area contributed by atoms with Gasteiger partial charge in [0.1, 0.15) is 11.5 Å². The van der Waals surface area contributed by atoms with Gasteiger partial charge in [-0.2, -0.15) is 0 Å². The summed E-state index contributed by atoms with van der Waals surface area (Å²) in [5.41, 5.74) is 9.93. The Kier molecular flexibility index (Phi) is 4.78. The highest BCUT2D eigenvalue weighted by atomic mass is 19.1. The Morgan fingerprint density at radius 3 is 2.62 bits per heavy atom. The highest BCUT2D eigenvalue weighted by molar-refractivity contribution is 5.90. The SMILES string of the molecule is Nc1ccc(F)cc1N1CCC[C@@H](n2ccc3c(N4CCCCC4)ccnc32)C1. The van der Waals surface area contributed by atoms with Gasteiger partial charge < -0.3 is 20.1 Å². The number of nitrogens with two attached hydrogens (primary N) is 1. The Morgan fingerprint density at radius 1 is 0.931 bits per heavy atom. The van der Waals surface area contributed by atoms with E-state index in [-0.39, 0.29) is 5.82 Å². The van der Waals surface area contributed by atoms with Crippen molar-refractivity contribution in [3.63, 3.8) is 0 Å². The molecule has 4 heterocycles. The van der Waals surface area contributed by atoms with Crippen molar-refractivity contribution in [1.29, 1.82) is 0 Å². The van der Waals surface area contributed by atoms with Crippen LogP contribution in [-0.2, 0) is 0 Å². The van der Waals surface area contributed by atoms with Gasteiger partial charge in [0.2, 0.25) is 0 Å². The van der Waals surface area contributed by atoms with E-state index in [1.165, 1.54) is 36.4 Å². The minimum Gasteiger partial charge on any atom is -0.397 e. The van der Waals surface area contributed by atoms with E-state index < -0.39 is 0 Å². The molecule has 1 aromatic carbocycles. The third-order valence-corrected chi connectivity index (χ3v) is 6.41. The highest BCUT2D eigenvalue weighted by Gasteiger charge is 2.25. The van der Waals surface area contributed by atoms with Crippen LogP contribution in [0.4, 0.5) is 21.5 Å². The number of hydrogen-bond donors (Lipinski definition) is 1. The van der Waals surface area contributed by atoms with Crippen LogP contribution in [0, 0.1) is 5.82 Å². The predicted molar refractivity (Wildman–Crippen MR) is 117 cm³/mol. The van der Waals surface area contributed by atoms with Gasteiger partial charge in [-0.25, -0.2) is 9.37 Å². The van der Waals surface area contributed by atoms with Crippen molar-refractivity contribution in [2.24, 2.45) is 0 Å². The molecule has 1 atom stereocenters. The molecule has 2 aliphatic heterocycles. The first-order chi connectivity index (χ1) is 14.2. The number of piperidine rings is 2. The average Bonchev–Trinajstić information content (AvgIpc) is 3.20. The second-order valence-corrected chi connectivity index (χ2v) is 8.28. The Bertz CT molecular complexity index is 1010. The summed E-state index contributed by atoms with van der Waals surface area (Å²) in [5, 5.41) is 1.23. The van der Waals surface area contributed by atoms with Crippen molar-refractivity contribution in [3.8, 4) is 0 Å². The molecule has 2 saturated heterocycles. The molecule has 0 unspecified atom stereocenters. The lowest BCUT2D eigenvalue weighted by Gasteiger charge is -2.36. The third-order valence-electron chi connectivity index (χ3n) is 6.41. The summed E-state index contributed by atoms with van der Waals surface area (Å²) in [6.45, 7) is 3.96. The summed E-state index contributed by atoms with van der Waals surface area (Å²) in [5.74, 6) is -0.240. The van der Waals surface area contributed by atoms with Gasteiger partial charge in [0.25, 0.3) is 0 Å². The molecule has 5 nitrogen and oxygen atoms in total. The molecule has 3 aromatic rings. The van der Waals surface area contributed by atoms with E-state index in [1.807, 2.05) is 6.20 Å². The van der Waals surface area contributed by atoms with Gasteiger partial charge in [-0.3, -0.25) is 0 Å². The van der Waals surface area contributed by atoms with E-state index in [0.29, 0.717) is 11.7 Å². The Hall–Kier alpha value is -2.76. The molecule has 152 valence electrons. The molecule has 2 aromatic heterocycles. The summed E-state index contributed by atoms with van der Waals surface area (Å²) >= 11 is 0. The molecule has 6 heteroatoms. The maximum Gasteiger partial charge on any atom is 0.142 e. The Morgan fingerprint density at radius 2 is 1.76 bits per heavy atom. The van der Waals surface area contributed by atoms with Crippen LogP contribution < -0.4 is 15.5 Å². The normalized spacial score (nSPS) is 20.4. The van der Waals surface area contributed by atoms with Crippen LogP contribution in [0.2, 0.25) is 0 Å². The number of halogens is 1. The number of nitrogen functional groups attached to an aromatic ring is 1. The summed E-state index contributed by atoms with van der Waals surface area (Å²) in [4.78, 5) is 9.45. The average molecular weight is 394 g/mol. The van der Waals surface area contributed by atoms with Gasteiger partial charge in [-0.15, -0.1) is 0 Å². The van der Waals surface area contributed by atoms with E-state index in [4.69, 9.17) is 10.7 Å². The minimum absolute atomic E-state index is 0.240. The first-order valence-electron chi connectivity index (χ1n) is 10.7. The number of fused-ring (bicyclic) bond motifs is 1. The zero-order chi connectivity index (χ0) is 19.8. The van der Waals surface area contributed by atoms with Crippen LogP contribution in [0.5, 0.6) is 0 Å². The molecule has 2 N–H and O–H groups in total. The molecule has 0 radical (unpaired) electrons. The zero-order valence-corrected chi connectivity index (χ0v) is 16.7. The predicted octanol–water partition coefficient (Wildman–Crippen LogP) is 4.59. The quantitative estimate of drug-likeness (QED) is 0.661. The van der Waals surface area contributed by atoms with Crippen LogP contribution in [0.3, 0.4) is 0 Å². The number of benzene rings is 1. The monoisotopic (exact) mass is 393 g/mol. The molecular weight excluding hydrogens is 365 g/mol. The topological polar surface area (TPSA) is 50.3 Å². The van der Waals surface area contributed by atoms with Crippen LogP contribution in [0.15, 0.2) is 42.7 Å². The molecular formula is C23H28FN5. The molecule has 2 aliphatic rings. The van der Waals surface area contributed by atoms with Gasteiger partial charge in [0.15, 0.2) is 0 Å². The zero-order valence-electron chi connectivity index (χ0n) is 16.7. The summed E-state index contributed by atoms with van der Waals surface area (Å²) in [7, 11) is 0. The van der Waals surface area contributed by atoms with Crippen LogP contribution in [0.1, 0.15) is 38.1 Å². The fourth-order valence-electron chi connectivity index (χ4n) is 4.94. The molecule has 0 aliphatic carbocycles. The maximum absolute atomic E-state index is 13.8. The largest absolute Gasteiger partial charge is 0.397 e. The number of nitrogens with zero attached hydrogens (tertiary/aromatic N) is 4. The molecule has 5 rings (SSSR count). The lowest BCUT2D eigenvalue weighted by atomic mass is 10.0. The Balaban J connectivity index is 1.45. The van der Waals surface area contributed by atoms with E-state index in [0.717, 1.165) is 50.4 Å². The number of rotatable bonds is 3. The van der Waals surface area contributed by atoms with Crippen molar-refractivity contribution in [2.75, 3.05) is 41.7 Å². The van der Waals surface area contributed by atoms with E-state index in [1.54, 1.807) is 12.1 Å². The second kappa shape index (κ2) is 7.58. The smallest absolute Gasteiger partial charge is 0.142 e. The summed E-state index contributed by atoms with van der Waals surface area (Å²) in [6, 6.07) is 9.30. The molecule has 0 saturated carbocycles. The lowest BCUT2D eigenvalue weighted by Crippen LogP contribution is -2.37. The minimum atomic E-state index is -0.240. The van der Waals surface area contributed by atoms with E-state index in [2.05, 4.69) is 32.7 Å². The van der Waals surface area contributed by atoms with Crippen LogP contribution in [-0.4, -0.2) is 35.7 Å². The van der Waals surface area contributed by atoms with Crippen molar-refractivity contribution in [3.05, 3.63) is 48.5 Å². The number of anilines is 3. The Labute approximate surface area is 170 Å². The lowest BCUT2D eigenvalue weighted by molar-refractivity contribution is 0.413. The number of aromatic nitrogens is 2. The van der Waals surface area contributed by atoms with Crippen molar-refractivity contribution >= 4 is 28.1 Å². The fraction of sp³-hybridized carbons (Fsp3) is 0.435. The second-order valence-electron chi connectivity index (χ2n) is 8.28. The van der Waals surface area contributed by atoms with Crippen molar-refractivity contribution < 1.29 is 4.39 Å². The molecule has 0 bridgehead atoms. The fourth-order valence-corrected chi connectivity index (χ4v) is 4.94. The summed E-state index contributed by atoms with van der Waals surface area (Å²) < 4.78 is 16.1. The van der Waals surface area contributed by atoms with Gasteiger partial charge in [0.05, 0.1) is 17.4 Å². The number of pyridine rings is 1. The standard InChI is InChI=1S/C23H28FN5/c24-17-6-7-20(25)22(15-17)28-13-4-5-18(16-28)29-14-9-19-21(8-10-26-23(19)29)27-11-2-1-3-12-27/h6-10,14-15,18H,1-5,11-13,16,25H2/t18-/m1/s1. The van der Waals surface area contributed by atoms with Crippen LogP contribution >= 0.6 is 0 Å². The number of hydrogen-bond acceptors (Lipinski definition) is 4. The summed E-state index contributed by atoms with van der Waals surface area (Å²) in [6.07, 6.45) is 10.1. The van der Waals surface area contributed by atoms with Gasteiger partial charge in [-0.05, 0) is 62.4 Å². The molecule has 0 spiro atoms. The van der Waals surface area contributed by atoms with E-state index >= 15 is 0 Å². The van der Waals surface area contributed by atoms with Gasteiger partial charge in [-0.1, -0.05) is 0 Å². The van der Waals surface area contributed by atoms with Crippen molar-refractivity contribution in [2.45, 2.75) is 38.1 Å². The van der Waals surface area contributed by atoms with Crippen LogP contribution in [0.25, 0.3) is 11.0 Å². The van der Waals surface area contributed by atoms with Gasteiger partial charge >= 0.3 is 0 Å². The molecule has 2 fully saturated rings. The van der Waals surface area contributed by atoms with Gasteiger partial charge in [0, 0.05) is 49.6 Å².